The lowest BCUT2D eigenvalue weighted by Crippen LogP contribution is -2.14. The molecule has 0 spiro atoms. The smallest absolute Gasteiger partial charge is 0.241 e. The average Bonchev–Trinajstić information content (AvgIpc) is 2.90. The van der Waals surface area contributed by atoms with Gasteiger partial charge in [-0.2, -0.15) is 0 Å². The first kappa shape index (κ1) is 16.7. The molecule has 8 heteroatoms. The molecule has 0 aromatic heterocycles. The summed E-state index contributed by atoms with van der Waals surface area (Å²) in [6.45, 7) is 1.23. The van der Waals surface area contributed by atoms with Crippen LogP contribution in [0, 0.1) is 5.82 Å². The molecule has 1 saturated heterocycles. The minimum atomic E-state index is -4.09. The third kappa shape index (κ3) is 4.64. The molecule has 2 rings (SSSR count). The van der Waals surface area contributed by atoms with Gasteiger partial charge in [0.25, 0.3) is 0 Å². The fourth-order valence-electron chi connectivity index (χ4n) is 2.20. The normalized spacial score (nSPS) is 18.9. The molecule has 1 aromatic carbocycles. The zero-order valence-corrected chi connectivity index (χ0v) is 13.8. The van der Waals surface area contributed by atoms with E-state index >= 15 is 0 Å². The van der Waals surface area contributed by atoms with Crippen LogP contribution in [0.1, 0.15) is 25.7 Å². The van der Waals surface area contributed by atoms with Crippen LogP contribution >= 0.6 is 15.9 Å². The summed E-state index contributed by atoms with van der Waals surface area (Å²) in [6, 6.07) is 2.13. The highest BCUT2D eigenvalue weighted by molar-refractivity contribution is 9.10. The Balaban J connectivity index is 1.93. The Morgan fingerprint density at radius 3 is 2.86 bits per heavy atom. The molecular formula is C13H17BrFNO4S. The Kier molecular flexibility index (Phi) is 5.59. The second kappa shape index (κ2) is 7.04. The molecule has 1 aliphatic rings. The van der Waals surface area contributed by atoms with Gasteiger partial charge in [-0.25, -0.2) is 17.9 Å². The predicted octanol–water partition coefficient (Wildman–Crippen LogP) is 2.57. The van der Waals surface area contributed by atoms with Crippen molar-refractivity contribution in [3.63, 3.8) is 0 Å². The number of sulfonamides is 1. The Bertz CT molecular complexity index is 602. The van der Waals surface area contributed by atoms with E-state index in [0.717, 1.165) is 44.4 Å². The van der Waals surface area contributed by atoms with E-state index in [9.17, 15) is 12.8 Å². The van der Waals surface area contributed by atoms with E-state index in [1.807, 2.05) is 0 Å². The molecule has 0 saturated carbocycles. The van der Waals surface area contributed by atoms with E-state index in [4.69, 9.17) is 14.6 Å². The Hall–Kier alpha value is -0.700. The highest BCUT2D eigenvalue weighted by Gasteiger charge is 2.18. The minimum absolute atomic E-state index is 0.257. The van der Waals surface area contributed by atoms with Gasteiger partial charge in [-0.15, -0.1) is 0 Å². The number of ether oxygens (including phenoxy) is 2. The number of nitrogens with two attached hydrogens (primary N) is 1. The van der Waals surface area contributed by atoms with Crippen molar-refractivity contribution >= 4 is 26.0 Å². The fraction of sp³-hybridized carbons (Fsp3) is 0.538. The molecule has 21 heavy (non-hydrogen) atoms. The Morgan fingerprint density at radius 1 is 1.48 bits per heavy atom. The largest absolute Gasteiger partial charge is 0.492 e. The molecule has 2 N–H and O–H groups in total. The van der Waals surface area contributed by atoms with E-state index in [0.29, 0.717) is 17.2 Å². The van der Waals surface area contributed by atoms with Gasteiger partial charge in [0.1, 0.15) is 16.5 Å². The van der Waals surface area contributed by atoms with Gasteiger partial charge in [0.05, 0.1) is 17.2 Å². The summed E-state index contributed by atoms with van der Waals surface area (Å²) in [7, 11) is -4.09. The van der Waals surface area contributed by atoms with Gasteiger partial charge >= 0.3 is 0 Å². The van der Waals surface area contributed by atoms with Gasteiger partial charge in [-0.3, -0.25) is 0 Å². The third-order valence-electron chi connectivity index (χ3n) is 3.24. The van der Waals surface area contributed by atoms with Gasteiger partial charge in [-0.1, -0.05) is 0 Å². The lowest BCUT2D eigenvalue weighted by atomic mass is 10.1. The lowest BCUT2D eigenvalue weighted by Gasteiger charge is -2.12. The maximum absolute atomic E-state index is 13.7. The van der Waals surface area contributed by atoms with E-state index in [-0.39, 0.29) is 5.75 Å². The van der Waals surface area contributed by atoms with Crippen molar-refractivity contribution in [3.8, 4) is 5.75 Å². The first-order valence-corrected chi connectivity index (χ1v) is 8.98. The predicted molar refractivity (Wildman–Crippen MR) is 79.2 cm³/mol. The van der Waals surface area contributed by atoms with Crippen LogP contribution < -0.4 is 9.88 Å². The minimum Gasteiger partial charge on any atom is -0.492 e. The molecule has 1 aromatic rings. The number of halogens is 2. The van der Waals surface area contributed by atoms with Crippen molar-refractivity contribution in [2.24, 2.45) is 5.14 Å². The molecule has 5 nitrogen and oxygen atoms in total. The summed E-state index contributed by atoms with van der Waals surface area (Å²) >= 11 is 3.16. The summed E-state index contributed by atoms with van der Waals surface area (Å²) in [5.74, 6) is -0.665. The van der Waals surface area contributed by atoms with Gasteiger partial charge in [0, 0.05) is 12.7 Å². The number of benzene rings is 1. The topological polar surface area (TPSA) is 78.6 Å². The second-order valence-electron chi connectivity index (χ2n) is 4.88. The fourth-order valence-corrected chi connectivity index (χ4v) is 3.43. The van der Waals surface area contributed by atoms with Crippen molar-refractivity contribution in [2.75, 3.05) is 13.2 Å². The standard InChI is InChI=1S/C13H17BrFNO4S/c14-10-7-13(21(16,17)18)11(15)8-12(10)20-6-2-4-9-3-1-5-19-9/h7-9H,1-6H2,(H2,16,17,18). The van der Waals surface area contributed by atoms with Crippen LogP contribution in [0.3, 0.4) is 0 Å². The number of hydrogen-bond donors (Lipinski definition) is 1. The maximum Gasteiger partial charge on any atom is 0.241 e. The summed E-state index contributed by atoms with van der Waals surface area (Å²) < 4.78 is 47.4. The summed E-state index contributed by atoms with van der Waals surface area (Å²) in [4.78, 5) is -0.555. The maximum atomic E-state index is 13.7. The first-order valence-electron chi connectivity index (χ1n) is 6.64. The molecular weight excluding hydrogens is 365 g/mol. The Labute approximate surface area is 131 Å². The molecule has 1 heterocycles. The van der Waals surface area contributed by atoms with Gasteiger partial charge < -0.3 is 9.47 Å². The van der Waals surface area contributed by atoms with Crippen molar-refractivity contribution in [3.05, 3.63) is 22.4 Å². The SMILES string of the molecule is NS(=O)(=O)c1cc(Br)c(OCCCC2CCCO2)cc1F. The summed E-state index contributed by atoms with van der Waals surface area (Å²) in [6.07, 6.45) is 4.14. The van der Waals surface area contributed by atoms with Crippen molar-refractivity contribution < 1.29 is 22.3 Å². The highest BCUT2D eigenvalue weighted by Crippen LogP contribution is 2.30. The molecule has 0 radical (unpaired) electrons. The van der Waals surface area contributed by atoms with E-state index in [1.54, 1.807) is 0 Å². The Morgan fingerprint density at radius 2 is 2.24 bits per heavy atom. The number of primary sulfonamides is 1. The monoisotopic (exact) mass is 381 g/mol. The summed E-state index contributed by atoms with van der Waals surface area (Å²) in [5.41, 5.74) is 0. The van der Waals surface area contributed by atoms with Crippen molar-refractivity contribution in [2.45, 2.75) is 36.7 Å². The molecule has 0 bridgehead atoms. The second-order valence-corrected chi connectivity index (χ2v) is 7.27. The molecule has 118 valence electrons. The molecule has 1 atom stereocenters. The highest BCUT2D eigenvalue weighted by atomic mass is 79.9. The van der Waals surface area contributed by atoms with Crippen LogP contribution in [0.2, 0.25) is 0 Å². The zero-order chi connectivity index (χ0) is 15.5. The van der Waals surface area contributed by atoms with E-state index in [1.165, 1.54) is 0 Å². The molecule has 0 aliphatic carbocycles. The first-order chi connectivity index (χ1) is 9.88. The van der Waals surface area contributed by atoms with Gasteiger partial charge in [0.2, 0.25) is 10.0 Å². The molecule has 1 fully saturated rings. The lowest BCUT2D eigenvalue weighted by molar-refractivity contribution is 0.0980. The van der Waals surface area contributed by atoms with Crippen LogP contribution in [0.5, 0.6) is 5.75 Å². The van der Waals surface area contributed by atoms with E-state index in [2.05, 4.69) is 15.9 Å². The van der Waals surface area contributed by atoms with Gasteiger partial charge in [-0.05, 0) is 47.7 Å². The van der Waals surface area contributed by atoms with Crippen molar-refractivity contribution in [1.82, 2.24) is 0 Å². The quantitative estimate of drug-likeness (QED) is 0.768. The summed E-state index contributed by atoms with van der Waals surface area (Å²) in [5, 5.41) is 4.92. The molecule has 1 unspecified atom stereocenters. The van der Waals surface area contributed by atoms with Crippen LogP contribution in [0.4, 0.5) is 4.39 Å². The van der Waals surface area contributed by atoms with Crippen LogP contribution in [-0.2, 0) is 14.8 Å². The van der Waals surface area contributed by atoms with Gasteiger partial charge in [0.15, 0.2) is 0 Å². The number of hydrogen-bond acceptors (Lipinski definition) is 4. The van der Waals surface area contributed by atoms with E-state index < -0.39 is 20.7 Å². The van der Waals surface area contributed by atoms with Crippen LogP contribution in [-0.4, -0.2) is 27.7 Å². The molecule has 1 aliphatic heterocycles. The zero-order valence-electron chi connectivity index (χ0n) is 11.3. The third-order valence-corrected chi connectivity index (χ3v) is 4.79. The number of rotatable bonds is 6. The van der Waals surface area contributed by atoms with Crippen LogP contribution in [0.25, 0.3) is 0 Å². The van der Waals surface area contributed by atoms with Crippen molar-refractivity contribution in [1.29, 1.82) is 0 Å². The van der Waals surface area contributed by atoms with Crippen LogP contribution in [0.15, 0.2) is 21.5 Å². The average molecular weight is 382 g/mol. The molecule has 0 amide bonds.